The van der Waals surface area contributed by atoms with Crippen molar-refractivity contribution in [1.82, 2.24) is 24.4 Å². The van der Waals surface area contributed by atoms with Crippen LogP contribution in [0.4, 0.5) is 4.39 Å². The number of carbonyl (C=O) groups is 1. The number of nitrogens with one attached hydrogen (secondary N) is 2. The summed E-state index contributed by atoms with van der Waals surface area (Å²) in [5.74, 6) is -1.26. The van der Waals surface area contributed by atoms with Crippen molar-refractivity contribution < 1.29 is 9.18 Å². The molecule has 4 aromatic rings. The smallest absolute Gasteiger partial charge is 0.333 e. The van der Waals surface area contributed by atoms with Gasteiger partial charge in [0.1, 0.15) is 11.4 Å². The normalized spacial score (nSPS) is 10.7. The lowest BCUT2D eigenvalue weighted by Gasteiger charge is -2.09. The number of hydrogen-bond donors (Lipinski definition) is 2. The molecule has 0 saturated heterocycles. The fourth-order valence-electron chi connectivity index (χ4n) is 3.21. The van der Waals surface area contributed by atoms with E-state index in [-0.39, 0.29) is 29.9 Å². The number of nitrogens with zero attached hydrogens (tertiary/aromatic N) is 3. The SMILES string of the molecule is O=C(NCCn1cnc(-c2ccccc2)cc1=O)c1c[nH]c(=O)n(-c2ccc(F)cc2)c1=O. The summed E-state index contributed by atoms with van der Waals surface area (Å²) in [4.78, 5) is 56.3. The Hall–Kier alpha value is -4.60. The zero-order valence-electron chi connectivity index (χ0n) is 17.2. The lowest BCUT2D eigenvalue weighted by atomic mass is 10.1. The van der Waals surface area contributed by atoms with E-state index >= 15 is 0 Å². The number of aromatic nitrogens is 4. The van der Waals surface area contributed by atoms with Gasteiger partial charge in [-0.05, 0) is 24.3 Å². The molecule has 166 valence electrons. The minimum atomic E-state index is -0.853. The van der Waals surface area contributed by atoms with Crippen LogP contribution >= 0.6 is 0 Å². The lowest BCUT2D eigenvalue weighted by Crippen LogP contribution is -2.40. The fourth-order valence-corrected chi connectivity index (χ4v) is 3.21. The molecule has 0 radical (unpaired) electrons. The maximum absolute atomic E-state index is 13.2. The van der Waals surface area contributed by atoms with Gasteiger partial charge in [-0.3, -0.25) is 19.0 Å². The monoisotopic (exact) mass is 447 g/mol. The Bertz CT molecular complexity index is 1470. The molecule has 0 saturated carbocycles. The standard InChI is InChI=1S/C23H18FN5O4/c24-16-6-8-17(9-7-16)29-22(32)18(13-26-23(29)33)21(31)25-10-11-28-14-27-19(12-20(28)30)15-4-2-1-3-5-15/h1-9,12-14H,10-11H2,(H,25,31)(H,26,33). The average molecular weight is 447 g/mol. The largest absolute Gasteiger partial charge is 0.350 e. The average Bonchev–Trinajstić information content (AvgIpc) is 2.82. The molecule has 0 atom stereocenters. The van der Waals surface area contributed by atoms with Crippen LogP contribution in [0.15, 0.2) is 87.6 Å². The van der Waals surface area contributed by atoms with E-state index in [1.165, 1.54) is 29.1 Å². The third kappa shape index (κ3) is 4.69. The third-order valence-electron chi connectivity index (χ3n) is 4.89. The highest BCUT2D eigenvalue weighted by atomic mass is 19.1. The van der Waals surface area contributed by atoms with Gasteiger partial charge >= 0.3 is 5.69 Å². The second-order valence-corrected chi connectivity index (χ2v) is 7.05. The predicted octanol–water partition coefficient (Wildman–Crippen LogP) is 1.32. The zero-order chi connectivity index (χ0) is 23.4. The molecule has 2 aromatic heterocycles. The summed E-state index contributed by atoms with van der Waals surface area (Å²) in [6.07, 6.45) is 2.40. The summed E-state index contributed by atoms with van der Waals surface area (Å²) < 4.78 is 15.2. The van der Waals surface area contributed by atoms with Crippen LogP contribution in [-0.4, -0.2) is 31.6 Å². The van der Waals surface area contributed by atoms with Crippen LogP contribution in [0.5, 0.6) is 0 Å². The molecule has 9 nitrogen and oxygen atoms in total. The molecule has 33 heavy (non-hydrogen) atoms. The van der Waals surface area contributed by atoms with Crippen molar-refractivity contribution in [3.05, 3.63) is 116 Å². The van der Waals surface area contributed by atoms with Crippen LogP contribution in [0, 0.1) is 5.82 Å². The van der Waals surface area contributed by atoms with Crippen molar-refractivity contribution in [2.24, 2.45) is 0 Å². The van der Waals surface area contributed by atoms with E-state index in [2.05, 4.69) is 15.3 Å². The predicted molar refractivity (Wildman–Crippen MR) is 119 cm³/mol. The maximum Gasteiger partial charge on any atom is 0.333 e. The number of rotatable bonds is 6. The molecule has 0 unspecified atom stereocenters. The summed E-state index contributed by atoms with van der Waals surface area (Å²) in [6, 6.07) is 15.4. The van der Waals surface area contributed by atoms with E-state index in [4.69, 9.17) is 0 Å². The fraction of sp³-hybridized carbons (Fsp3) is 0.0870. The molecule has 0 aliphatic heterocycles. The van der Waals surface area contributed by atoms with Crippen LogP contribution in [-0.2, 0) is 6.54 Å². The molecule has 2 N–H and O–H groups in total. The first-order chi connectivity index (χ1) is 15.9. The van der Waals surface area contributed by atoms with E-state index in [0.29, 0.717) is 5.69 Å². The van der Waals surface area contributed by atoms with Crippen molar-refractivity contribution in [2.45, 2.75) is 6.54 Å². The molecule has 4 rings (SSSR count). The van der Waals surface area contributed by atoms with Gasteiger partial charge in [-0.25, -0.2) is 18.7 Å². The molecular formula is C23H18FN5O4. The third-order valence-corrected chi connectivity index (χ3v) is 4.89. The molecule has 1 amide bonds. The number of H-pyrrole nitrogens is 1. The minimum Gasteiger partial charge on any atom is -0.350 e. The Morgan fingerprint density at radius 1 is 1.03 bits per heavy atom. The lowest BCUT2D eigenvalue weighted by molar-refractivity contribution is 0.0949. The van der Waals surface area contributed by atoms with Gasteiger partial charge in [-0.1, -0.05) is 30.3 Å². The quantitative estimate of drug-likeness (QED) is 0.462. The van der Waals surface area contributed by atoms with Gasteiger partial charge in [-0.15, -0.1) is 0 Å². The highest BCUT2D eigenvalue weighted by Gasteiger charge is 2.15. The number of aromatic amines is 1. The number of benzene rings is 2. The van der Waals surface area contributed by atoms with Crippen LogP contribution in [0.25, 0.3) is 16.9 Å². The second-order valence-electron chi connectivity index (χ2n) is 7.05. The van der Waals surface area contributed by atoms with Crippen molar-refractivity contribution in [3.8, 4) is 16.9 Å². The first kappa shape index (κ1) is 21.6. The summed E-state index contributed by atoms with van der Waals surface area (Å²) >= 11 is 0. The van der Waals surface area contributed by atoms with E-state index in [0.717, 1.165) is 28.5 Å². The number of carbonyl (C=O) groups excluding carboxylic acids is 1. The summed E-state index contributed by atoms with van der Waals surface area (Å²) in [5.41, 5.74) is -0.743. The second kappa shape index (κ2) is 9.27. The molecule has 0 aliphatic carbocycles. The molecule has 2 aromatic carbocycles. The molecule has 2 heterocycles. The van der Waals surface area contributed by atoms with Crippen molar-refractivity contribution >= 4 is 5.91 Å². The first-order valence-corrected chi connectivity index (χ1v) is 9.95. The van der Waals surface area contributed by atoms with Gasteiger partial charge in [0.2, 0.25) is 0 Å². The Labute approximate surface area is 185 Å². The van der Waals surface area contributed by atoms with Crippen LogP contribution in [0.1, 0.15) is 10.4 Å². The first-order valence-electron chi connectivity index (χ1n) is 9.95. The van der Waals surface area contributed by atoms with Crippen LogP contribution in [0.3, 0.4) is 0 Å². The van der Waals surface area contributed by atoms with Gasteiger partial charge < -0.3 is 10.3 Å². The zero-order valence-corrected chi connectivity index (χ0v) is 17.2. The maximum atomic E-state index is 13.2. The van der Waals surface area contributed by atoms with E-state index in [1.807, 2.05) is 30.3 Å². The number of halogens is 1. The minimum absolute atomic E-state index is 0.0419. The number of hydrogen-bond acceptors (Lipinski definition) is 5. The van der Waals surface area contributed by atoms with E-state index < -0.39 is 23.0 Å². The van der Waals surface area contributed by atoms with Gasteiger partial charge in [-0.2, -0.15) is 0 Å². The van der Waals surface area contributed by atoms with E-state index in [9.17, 15) is 23.6 Å². The van der Waals surface area contributed by atoms with E-state index in [1.54, 1.807) is 0 Å². The Balaban J connectivity index is 1.47. The van der Waals surface area contributed by atoms with Gasteiger partial charge in [0.05, 0.1) is 17.7 Å². The highest BCUT2D eigenvalue weighted by Crippen LogP contribution is 2.13. The van der Waals surface area contributed by atoms with Gasteiger partial charge in [0, 0.05) is 30.9 Å². The van der Waals surface area contributed by atoms with Crippen molar-refractivity contribution in [1.29, 1.82) is 0 Å². The van der Waals surface area contributed by atoms with Gasteiger partial charge in [0.15, 0.2) is 0 Å². The number of amides is 1. The van der Waals surface area contributed by atoms with Gasteiger partial charge in [0.25, 0.3) is 17.0 Å². The Morgan fingerprint density at radius 3 is 2.45 bits per heavy atom. The summed E-state index contributed by atoms with van der Waals surface area (Å²) in [7, 11) is 0. The molecule has 0 aliphatic rings. The Morgan fingerprint density at radius 2 is 1.76 bits per heavy atom. The van der Waals surface area contributed by atoms with Crippen molar-refractivity contribution in [3.63, 3.8) is 0 Å². The Kier molecular flexibility index (Phi) is 6.07. The van der Waals surface area contributed by atoms with Crippen LogP contribution in [0.2, 0.25) is 0 Å². The van der Waals surface area contributed by atoms with Crippen molar-refractivity contribution in [2.75, 3.05) is 6.54 Å². The summed E-state index contributed by atoms with van der Waals surface area (Å²) in [5, 5.41) is 2.55. The molecular weight excluding hydrogens is 429 g/mol. The highest BCUT2D eigenvalue weighted by molar-refractivity contribution is 5.93. The molecule has 0 fully saturated rings. The molecule has 0 bridgehead atoms. The molecule has 10 heteroatoms. The molecule has 0 spiro atoms. The van der Waals surface area contributed by atoms with Crippen LogP contribution < -0.4 is 22.1 Å². The topological polar surface area (TPSA) is 119 Å². The summed E-state index contributed by atoms with van der Waals surface area (Å²) in [6.45, 7) is 0.169.